The summed E-state index contributed by atoms with van der Waals surface area (Å²) in [6.45, 7) is 14.4. The molecule has 4 aliphatic rings. The fourth-order valence-corrected chi connectivity index (χ4v) is 7.15. The van der Waals surface area contributed by atoms with Crippen molar-refractivity contribution in [3.05, 3.63) is 35.4 Å². The van der Waals surface area contributed by atoms with Gasteiger partial charge in [-0.15, -0.1) is 0 Å². The van der Waals surface area contributed by atoms with Gasteiger partial charge in [-0.2, -0.15) is 0 Å². The van der Waals surface area contributed by atoms with E-state index in [4.69, 9.17) is 0 Å². The van der Waals surface area contributed by atoms with Gasteiger partial charge in [0.25, 0.3) is 0 Å². The molecule has 0 spiro atoms. The summed E-state index contributed by atoms with van der Waals surface area (Å²) in [5.41, 5.74) is 2.75. The minimum Gasteiger partial charge on any atom is -0.335 e. The van der Waals surface area contributed by atoms with E-state index in [9.17, 15) is 4.79 Å². The summed E-state index contributed by atoms with van der Waals surface area (Å²) in [7, 11) is 0. The fourth-order valence-electron chi connectivity index (χ4n) is 7.15. The third-order valence-electron chi connectivity index (χ3n) is 9.32. The van der Waals surface area contributed by atoms with Crippen molar-refractivity contribution in [3.8, 4) is 0 Å². The minimum atomic E-state index is 0.199. The SMILES string of the molecule is Cc1ccc(C2CCN(C(=O)NC3C(CN4CCN(C(C)C)CC4)[C@@H]4CC[C@H]3C4)CC2)cc1. The summed E-state index contributed by atoms with van der Waals surface area (Å²) < 4.78 is 0. The van der Waals surface area contributed by atoms with E-state index in [2.05, 4.69) is 65.1 Å². The van der Waals surface area contributed by atoms with Crippen LogP contribution in [-0.2, 0) is 0 Å². The van der Waals surface area contributed by atoms with Crippen LogP contribution in [0.15, 0.2) is 24.3 Å². The first-order valence-corrected chi connectivity index (χ1v) is 13.6. The number of carbonyl (C=O) groups excluding carboxylic acids is 1. The minimum absolute atomic E-state index is 0.199. The monoisotopic (exact) mass is 452 g/mol. The van der Waals surface area contributed by atoms with Crippen molar-refractivity contribution in [2.24, 2.45) is 17.8 Å². The second-order valence-corrected chi connectivity index (χ2v) is 11.6. The van der Waals surface area contributed by atoms with E-state index in [1.165, 1.54) is 63.1 Å². The number of rotatable bonds is 5. The van der Waals surface area contributed by atoms with E-state index in [-0.39, 0.29) is 6.03 Å². The first-order chi connectivity index (χ1) is 16.0. The lowest BCUT2D eigenvalue weighted by molar-refractivity contribution is 0.0795. The number of amides is 2. The number of nitrogens with one attached hydrogen (secondary N) is 1. The van der Waals surface area contributed by atoms with E-state index in [1.54, 1.807) is 0 Å². The molecule has 2 unspecified atom stereocenters. The van der Waals surface area contributed by atoms with E-state index < -0.39 is 0 Å². The highest BCUT2D eigenvalue weighted by atomic mass is 16.2. The molecule has 2 heterocycles. The van der Waals surface area contributed by atoms with Crippen molar-refractivity contribution in [1.29, 1.82) is 0 Å². The summed E-state index contributed by atoms with van der Waals surface area (Å²) in [6.07, 6.45) is 6.17. The molecule has 5 rings (SSSR count). The lowest BCUT2D eigenvalue weighted by Gasteiger charge is -2.41. The van der Waals surface area contributed by atoms with E-state index >= 15 is 0 Å². The quantitative estimate of drug-likeness (QED) is 0.723. The third kappa shape index (κ3) is 5.09. The zero-order valence-electron chi connectivity index (χ0n) is 21.0. The van der Waals surface area contributed by atoms with Gasteiger partial charge in [0.2, 0.25) is 0 Å². The predicted molar refractivity (Wildman–Crippen MR) is 135 cm³/mol. The Morgan fingerprint density at radius 2 is 1.61 bits per heavy atom. The van der Waals surface area contributed by atoms with E-state index in [1.807, 2.05) is 0 Å². The van der Waals surface area contributed by atoms with Gasteiger partial charge in [0.15, 0.2) is 0 Å². The lowest BCUT2D eigenvalue weighted by Crippen LogP contribution is -2.55. The topological polar surface area (TPSA) is 38.8 Å². The Bertz CT molecular complexity index is 793. The van der Waals surface area contributed by atoms with Crippen molar-refractivity contribution in [1.82, 2.24) is 20.0 Å². The van der Waals surface area contributed by atoms with Crippen LogP contribution in [0.5, 0.6) is 0 Å². The lowest BCUT2D eigenvalue weighted by atomic mass is 9.83. The van der Waals surface area contributed by atoms with Gasteiger partial charge in [0.1, 0.15) is 0 Å². The summed E-state index contributed by atoms with van der Waals surface area (Å²) in [4.78, 5) is 20.6. The first-order valence-electron chi connectivity index (χ1n) is 13.6. The Morgan fingerprint density at radius 3 is 2.27 bits per heavy atom. The molecule has 1 aromatic carbocycles. The second kappa shape index (κ2) is 9.95. The molecule has 0 radical (unpaired) electrons. The third-order valence-corrected chi connectivity index (χ3v) is 9.32. The van der Waals surface area contributed by atoms with Gasteiger partial charge < -0.3 is 15.1 Å². The van der Waals surface area contributed by atoms with Gasteiger partial charge in [-0.1, -0.05) is 29.8 Å². The van der Waals surface area contributed by atoms with Gasteiger partial charge in [0, 0.05) is 57.9 Å². The van der Waals surface area contributed by atoms with Gasteiger partial charge in [0.05, 0.1) is 0 Å². The van der Waals surface area contributed by atoms with E-state index in [0.29, 0.717) is 29.8 Å². The number of hydrogen-bond donors (Lipinski definition) is 1. The molecule has 2 saturated carbocycles. The van der Waals surface area contributed by atoms with Gasteiger partial charge in [-0.3, -0.25) is 4.90 Å². The summed E-state index contributed by atoms with van der Waals surface area (Å²) in [6, 6.07) is 10.2. The van der Waals surface area contributed by atoms with Crippen LogP contribution >= 0.6 is 0 Å². The zero-order valence-corrected chi connectivity index (χ0v) is 21.0. The summed E-state index contributed by atoms with van der Waals surface area (Å²) in [5.74, 6) is 2.75. The predicted octanol–water partition coefficient (Wildman–Crippen LogP) is 4.32. The van der Waals surface area contributed by atoms with Crippen molar-refractivity contribution in [2.45, 2.75) is 70.9 Å². The van der Waals surface area contributed by atoms with Crippen LogP contribution in [0, 0.1) is 24.7 Å². The summed E-state index contributed by atoms with van der Waals surface area (Å²) >= 11 is 0. The maximum Gasteiger partial charge on any atom is 0.317 e. The molecule has 2 amide bonds. The standard InChI is InChI=1S/C28H44N4O/c1-20(2)31-16-14-30(15-17-31)19-26-24-8-9-25(18-24)27(26)29-28(33)32-12-10-23(11-13-32)22-6-4-21(3)5-7-22/h4-7,20,23-27H,8-19H2,1-3H3,(H,29,33)/t24-,25+,26?,27?/m1/s1. The maximum atomic E-state index is 13.3. The van der Waals surface area contributed by atoms with Crippen LogP contribution in [-0.4, -0.2) is 78.6 Å². The number of fused-ring (bicyclic) bond motifs is 2. The number of likely N-dealkylation sites (tertiary alicyclic amines) is 1. The Labute approximate surface area is 200 Å². The molecule has 2 saturated heterocycles. The number of hydrogen-bond acceptors (Lipinski definition) is 3. The molecule has 1 N–H and O–H groups in total. The van der Waals surface area contributed by atoms with Crippen molar-refractivity contribution >= 4 is 6.03 Å². The molecular formula is C28H44N4O. The number of carbonyl (C=O) groups is 1. The molecule has 182 valence electrons. The zero-order chi connectivity index (χ0) is 22.9. The number of urea groups is 1. The van der Waals surface area contributed by atoms with Crippen LogP contribution < -0.4 is 5.32 Å². The largest absolute Gasteiger partial charge is 0.335 e. The first kappa shape index (κ1) is 23.2. The molecule has 1 aromatic rings. The molecule has 5 nitrogen and oxygen atoms in total. The van der Waals surface area contributed by atoms with E-state index in [0.717, 1.165) is 31.8 Å². The molecule has 4 atom stereocenters. The van der Waals surface area contributed by atoms with Crippen molar-refractivity contribution in [3.63, 3.8) is 0 Å². The Balaban J connectivity index is 1.14. The average molecular weight is 453 g/mol. The van der Waals surface area contributed by atoms with Crippen LogP contribution in [0.4, 0.5) is 4.79 Å². The van der Waals surface area contributed by atoms with Crippen LogP contribution in [0.25, 0.3) is 0 Å². The molecule has 2 aliphatic heterocycles. The van der Waals surface area contributed by atoms with Crippen LogP contribution in [0.3, 0.4) is 0 Å². The van der Waals surface area contributed by atoms with Gasteiger partial charge in [-0.05, 0) is 82.1 Å². The van der Waals surface area contributed by atoms with Gasteiger partial charge in [-0.25, -0.2) is 4.79 Å². The number of piperazine rings is 1. The number of piperidine rings is 1. The summed E-state index contributed by atoms with van der Waals surface area (Å²) in [5, 5.41) is 3.56. The Morgan fingerprint density at radius 1 is 0.939 bits per heavy atom. The van der Waals surface area contributed by atoms with Crippen molar-refractivity contribution in [2.75, 3.05) is 45.8 Å². The Hall–Kier alpha value is -1.59. The highest BCUT2D eigenvalue weighted by Crippen LogP contribution is 2.49. The van der Waals surface area contributed by atoms with Crippen LogP contribution in [0.2, 0.25) is 0 Å². The molecule has 0 aromatic heterocycles. The highest BCUT2D eigenvalue weighted by molar-refractivity contribution is 5.74. The second-order valence-electron chi connectivity index (χ2n) is 11.6. The number of benzene rings is 1. The highest BCUT2D eigenvalue weighted by Gasteiger charge is 2.49. The number of aryl methyl sites for hydroxylation is 1. The van der Waals surface area contributed by atoms with Crippen LogP contribution in [0.1, 0.15) is 63.0 Å². The molecular weight excluding hydrogens is 408 g/mol. The molecule has 33 heavy (non-hydrogen) atoms. The average Bonchev–Trinajstić information content (AvgIpc) is 3.43. The normalized spacial score (nSPS) is 31.5. The Kier molecular flexibility index (Phi) is 6.99. The fraction of sp³-hybridized carbons (Fsp3) is 0.750. The molecule has 5 heteroatoms. The maximum absolute atomic E-state index is 13.3. The molecule has 4 fully saturated rings. The number of nitrogens with zero attached hydrogens (tertiary/aromatic N) is 3. The smallest absolute Gasteiger partial charge is 0.317 e. The molecule has 2 bridgehead atoms. The molecule has 2 aliphatic carbocycles. The van der Waals surface area contributed by atoms with Gasteiger partial charge >= 0.3 is 6.03 Å². The van der Waals surface area contributed by atoms with Crippen molar-refractivity contribution < 1.29 is 4.79 Å².